The fourth-order valence-electron chi connectivity index (χ4n) is 2.19. The molecule has 0 radical (unpaired) electrons. The van der Waals surface area contributed by atoms with Gasteiger partial charge >= 0.3 is 0 Å². The molecule has 16 heavy (non-hydrogen) atoms. The van der Waals surface area contributed by atoms with Crippen LogP contribution in [0.2, 0.25) is 0 Å². The molecular weight excluding hydrogens is 218 g/mol. The first-order valence-electron chi connectivity index (χ1n) is 6.68. The summed E-state index contributed by atoms with van der Waals surface area (Å²) in [5, 5.41) is 10.7. The molecular formula is C13H27NOS. The molecule has 1 aliphatic rings. The van der Waals surface area contributed by atoms with Crippen molar-refractivity contribution in [2.75, 3.05) is 12.3 Å². The molecule has 1 rings (SSSR count). The number of thioether (sulfide) groups is 1. The van der Waals surface area contributed by atoms with E-state index >= 15 is 0 Å². The highest BCUT2D eigenvalue weighted by Crippen LogP contribution is 2.29. The van der Waals surface area contributed by atoms with Crippen molar-refractivity contribution in [3.8, 4) is 0 Å². The molecule has 0 aliphatic heterocycles. The van der Waals surface area contributed by atoms with Crippen LogP contribution in [-0.2, 0) is 0 Å². The van der Waals surface area contributed by atoms with Crippen molar-refractivity contribution in [3.05, 3.63) is 0 Å². The molecule has 0 aromatic heterocycles. The van der Waals surface area contributed by atoms with Gasteiger partial charge in [0.15, 0.2) is 0 Å². The van der Waals surface area contributed by atoms with Crippen molar-refractivity contribution >= 4 is 11.8 Å². The van der Waals surface area contributed by atoms with Crippen LogP contribution in [-0.4, -0.2) is 28.3 Å². The van der Waals surface area contributed by atoms with E-state index in [2.05, 4.69) is 11.8 Å². The Morgan fingerprint density at radius 1 is 1.25 bits per heavy atom. The second-order valence-corrected chi connectivity index (χ2v) is 6.70. The minimum absolute atomic E-state index is 0.378. The van der Waals surface area contributed by atoms with Crippen LogP contribution in [0.4, 0.5) is 0 Å². The van der Waals surface area contributed by atoms with Crippen LogP contribution in [0.15, 0.2) is 0 Å². The predicted molar refractivity (Wildman–Crippen MR) is 72.9 cm³/mol. The molecule has 96 valence electrons. The number of unbranched alkanes of at least 4 members (excludes halogenated alkanes) is 1. The van der Waals surface area contributed by atoms with Crippen molar-refractivity contribution in [1.82, 2.24) is 0 Å². The van der Waals surface area contributed by atoms with Gasteiger partial charge in [0.1, 0.15) is 0 Å². The highest BCUT2D eigenvalue weighted by molar-refractivity contribution is 7.99. The van der Waals surface area contributed by atoms with Gasteiger partial charge in [0.05, 0.1) is 5.60 Å². The molecule has 0 heterocycles. The number of aliphatic hydroxyl groups is 1. The van der Waals surface area contributed by atoms with E-state index in [1.807, 2.05) is 6.92 Å². The van der Waals surface area contributed by atoms with Crippen LogP contribution in [0.1, 0.15) is 58.3 Å². The topological polar surface area (TPSA) is 46.2 Å². The summed E-state index contributed by atoms with van der Waals surface area (Å²) < 4.78 is 0. The molecule has 1 fully saturated rings. The molecule has 3 heteroatoms. The van der Waals surface area contributed by atoms with E-state index in [-0.39, 0.29) is 0 Å². The summed E-state index contributed by atoms with van der Waals surface area (Å²) in [6.07, 6.45) is 10.3. The van der Waals surface area contributed by atoms with Crippen molar-refractivity contribution in [2.24, 2.45) is 5.73 Å². The first-order chi connectivity index (χ1) is 7.64. The van der Waals surface area contributed by atoms with Crippen molar-refractivity contribution in [1.29, 1.82) is 0 Å². The maximum absolute atomic E-state index is 9.74. The molecule has 1 atom stereocenters. The summed E-state index contributed by atoms with van der Waals surface area (Å²) in [6, 6.07) is 0. The molecule has 3 N–H and O–H groups in total. The van der Waals surface area contributed by atoms with Crippen LogP contribution in [0, 0.1) is 0 Å². The fourth-order valence-corrected chi connectivity index (χ4v) is 3.56. The van der Waals surface area contributed by atoms with Gasteiger partial charge in [0, 0.05) is 11.8 Å². The summed E-state index contributed by atoms with van der Waals surface area (Å²) in [5.41, 5.74) is 4.84. The summed E-state index contributed by atoms with van der Waals surface area (Å²) in [4.78, 5) is 0. The zero-order valence-corrected chi connectivity index (χ0v) is 11.4. The summed E-state index contributed by atoms with van der Waals surface area (Å²) >= 11 is 2.14. The molecule has 1 aliphatic carbocycles. The van der Waals surface area contributed by atoms with Crippen LogP contribution in [0.3, 0.4) is 0 Å². The Kier molecular flexibility index (Phi) is 6.78. The van der Waals surface area contributed by atoms with Crippen LogP contribution < -0.4 is 5.73 Å². The zero-order chi connectivity index (χ0) is 11.9. The second-order valence-electron chi connectivity index (χ2n) is 5.29. The quantitative estimate of drug-likeness (QED) is 0.678. The standard InChI is InChI=1S/C13H27NOS/c1-13(15,11-14)9-5-6-10-16-12-7-3-2-4-8-12/h12,15H,2-11,14H2,1H3. The van der Waals surface area contributed by atoms with Gasteiger partial charge in [0.2, 0.25) is 0 Å². The van der Waals surface area contributed by atoms with E-state index < -0.39 is 5.60 Å². The van der Waals surface area contributed by atoms with Gasteiger partial charge in [-0.25, -0.2) is 0 Å². The van der Waals surface area contributed by atoms with E-state index in [9.17, 15) is 5.11 Å². The molecule has 0 saturated heterocycles. The molecule has 0 aromatic carbocycles. The van der Waals surface area contributed by atoms with Gasteiger partial charge in [-0.05, 0) is 44.8 Å². The van der Waals surface area contributed by atoms with E-state index in [1.165, 1.54) is 44.3 Å². The third-order valence-electron chi connectivity index (χ3n) is 3.46. The minimum atomic E-state index is -0.643. The number of hydrogen-bond donors (Lipinski definition) is 2. The first-order valence-corrected chi connectivity index (χ1v) is 7.73. The molecule has 0 aromatic rings. The Morgan fingerprint density at radius 3 is 2.56 bits per heavy atom. The Balaban J connectivity index is 1.95. The number of nitrogens with two attached hydrogens (primary N) is 1. The predicted octanol–water partition coefficient (Wildman–Crippen LogP) is 2.93. The minimum Gasteiger partial charge on any atom is -0.389 e. The normalized spacial score (nSPS) is 21.9. The van der Waals surface area contributed by atoms with Crippen molar-refractivity contribution < 1.29 is 5.11 Å². The van der Waals surface area contributed by atoms with Gasteiger partial charge in [-0.1, -0.05) is 19.3 Å². The summed E-state index contributed by atoms with van der Waals surface area (Å²) in [7, 11) is 0. The molecule has 0 spiro atoms. The number of rotatable bonds is 7. The SMILES string of the molecule is CC(O)(CN)CCCCSC1CCCCC1. The fraction of sp³-hybridized carbons (Fsp3) is 1.00. The number of hydrogen-bond acceptors (Lipinski definition) is 3. The Labute approximate surface area is 104 Å². The van der Waals surface area contributed by atoms with E-state index in [0.29, 0.717) is 6.54 Å². The van der Waals surface area contributed by atoms with Crippen molar-refractivity contribution in [3.63, 3.8) is 0 Å². The maximum Gasteiger partial charge on any atom is 0.0741 e. The monoisotopic (exact) mass is 245 g/mol. The Bertz CT molecular complexity index is 179. The summed E-state index contributed by atoms with van der Waals surface area (Å²) in [6.45, 7) is 2.21. The van der Waals surface area contributed by atoms with E-state index in [1.54, 1.807) is 0 Å². The van der Waals surface area contributed by atoms with E-state index in [0.717, 1.165) is 18.1 Å². The lowest BCUT2D eigenvalue weighted by Crippen LogP contribution is -2.33. The lowest BCUT2D eigenvalue weighted by molar-refractivity contribution is 0.0577. The maximum atomic E-state index is 9.74. The third-order valence-corrected chi connectivity index (χ3v) is 4.92. The van der Waals surface area contributed by atoms with Gasteiger partial charge in [-0.15, -0.1) is 0 Å². The van der Waals surface area contributed by atoms with E-state index in [4.69, 9.17) is 5.73 Å². The molecule has 1 saturated carbocycles. The first kappa shape index (κ1) is 14.3. The largest absolute Gasteiger partial charge is 0.389 e. The average Bonchev–Trinajstić information content (AvgIpc) is 2.30. The second kappa shape index (κ2) is 7.57. The van der Waals surface area contributed by atoms with Crippen molar-refractivity contribution in [2.45, 2.75) is 69.1 Å². The lowest BCUT2D eigenvalue weighted by atomic mass is 10.00. The smallest absolute Gasteiger partial charge is 0.0741 e. The lowest BCUT2D eigenvalue weighted by Gasteiger charge is -2.22. The van der Waals surface area contributed by atoms with Gasteiger partial charge in [-0.2, -0.15) is 11.8 Å². The van der Waals surface area contributed by atoms with Gasteiger partial charge in [0.25, 0.3) is 0 Å². The Hall–Kier alpha value is 0.270. The van der Waals surface area contributed by atoms with Crippen LogP contribution in [0.25, 0.3) is 0 Å². The average molecular weight is 245 g/mol. The molecule has 0 bridgehead atoms. The van der Waals surface area contributed by atoms with Crippen LogP contribution >= 0.6 is 11.8 Å². The molecule has 0 amide bonds. The van der Waals surface area contributed by atoms with Crippen LogP contribution in [0.5, 0.6) is 0 Å². The summed E-state index contributed by atoms with van der Waals surface area (Å²) in [5.74, 6) is 1.26. The highest BCUT2D eigenvalue weighted by atomic mass is 32.2. The van der Waals surface area contributed by atoms with Gasteiger partial charge in [-0.3, -0.25) is 0 Å². The molecule has 2 nitrogen and oxygen atoms in total. The third kappa shape index (κ3) is 6.12. The van der Waals surface area contributed by atoms with Gasteiger partial charge < -0.3 is 10.8 Å². The molecule has 1 unspecified atom stereocenters. The Morgan fingerprint density at radius 2 is 1.94 bits per heavy atom. The zero-order valence-electron chi connectivity index (χ0n) is 10.6. The highest BCUT2D eigenvalue weighted by Gasteiger charge is 2.17.